The van der Waals surface area contributed by atoms with Crippen LogP contribution in [0.25, 0.3) is 0 Å². The van der Waals surface area contributed by atoms with Gasteiger partial charge in [-0.25, -0.2) is 9.97 Å². The monoisotopic (exact) mass is 473 g/mol. The highest BCUT2D eigenvalue weighted by molar-refractivity contribution is 7.80. The molecule has 0 unspecified atom stereocenters. The first-order chi connectivity index (χ1) is 16.2. The standard InChI is InChI=1S/C23H31N5O4S/c1-2-3-4-13-31-20-8-7-18(17-25-20)26-23(33)27-21(29)19-6-5-9-24-22(19)32-16-12-28-10-14-30-15-11-28/h5-9,17H,2-4,10-16H2,1H3,(H2,26,27,29,33). The number of carbonyl (C=O) groups is 1. The fraction of sp³-hybridized carbons (Fsp3) is 0.478. The number of hydrogen-bond donors (Lipinski definition) is 2. The molecule has 10 heteroatoms. The molecule has 3 rings (SSSR count). The molecule has 2 N–H and O–H groups in total. The average molecular weight is 474 g/mol. The molecular weight excluding hydrogens is 442 g/mol. The highest BCUT2D eigenvalue weighted by atomic mass is 32.1. The van der Waals surface area contributed by atoms with Gasteiger partial charge < -0.3 is 19.5 Å². The fourth-order valence-electron chi connectivity index (χ4n) is 3.18. The van der Waals surface area contributed by atoms with Crippen molar-refractivity contribution in [1.29, 1.82) is 0 Å². The fourth-order valence-corrected chi connectivity index (χ4v) is 3.39. The molecule has 0 aliphatic carbocycles. The minimum absolute atomic E-state index is 0.154. The number of carbonyl (C=O) groups excluding carboxylic acids is 1. The van der Waals surface area contributed by atoms with Gasteiger partial charge in [-0.05, 0) is 36.8 Å². The first kappa shape index (κ1) is 24.8. The number of ether oxygens (including phenoxy) is 3. The van der Waals surface area contributed by atoms with E-state index in [0.29, 0.717) is 30.3 Å². The van der Waals surface area contributed by atoms with Crippen molar-refractivity contribution in [2.75, 3.05) is 51.4 Å². The number of anilines is 1. The number of thiocarbonyl (C=S) groups is 1. The summed E-state index contributed by atoms with van der Waals surface area (Å²) in [6.07, 6.45) is 6.48. The first-order valence-electron chi connectivity index (χ1n) is 11.2. The SMILES string of the molecule is CCCCCOc1ccc(NC(=S)NC(=O)c2cccnc2OCCN2CCOCC2)cn1. The van der Waals surface area contributed by atoms with Gasteiger partial charge in [-0.1, -0.05) is 19.8 Å². The van der Waals surface area contributed by atoms with Crippen molar-refractivity contribution in [3.05, 3.63) is 42.2 Å². The van der Waals surface area contributed by atoms with Gasteiger partial charge >= 0.3 is 0 Å². The lowest BCUT2D eigenvalue weighted by Gasteiger charge is -2.26. The summed E-state index contributed by atoms with van der Waals surface area (Å²) in [6, 6.07) is 6.90. The zero-order valence-electron chi connectivity index (χ0n) is 18.9. The normalized spacial score (nSPS) is 13.8. The third-order valence-corrected chi connectivity index (χ3v) is 5.19. The van der Waals surface area contributed by atoms with Gasteiger partial charge in [-0.2, -0.15) is 0 Å². The van der Waals surface area contributed by atoms with Gasteiger partial charge in [0.25, 0.3) is 5.91 Å². The molecule has 2 aromatic rings. The van der Waals surface area contributed by atoms with E-state index in [2.05, 4.69) is 32.4 Å². The van der Waals surface area contributed by atoms with Crippen LogP contribution in [-0.2, 0) is 4.74 Å². The van der Waals surface area contributed by atoms with Crippen molar-refractivity contribution in [3.63, 3.8) is 0 Å². The molecule has 9 nitrogen and oxygen atoms in total. The molecule has 33 heavy (non-hydrogen) atoms. The van der Waals surface area contributed by atoms with Crippen molar-refractivity contribution >= 4 is 28.9 Å². The van der Waals surface area contributed by atoms with Crippen LogP contribution in [0.4, 0.5) is 5.69 Å². The van der Waals surface area contributed by atoms with E-state index in [1.807, 2.05) is 0 Å². The maximum absolute atomic E-state index is 12.7. The van der Waals surface area contributed by atoms with Crippen molar-refractivity contribution in [2.45, 2.75) is 26.2 Å². The molecule has 3 heterocycles. The molecule has 1 fully saturated rings. The number of amides is 1. The minimum Gasteiger partial charge on any atom is -0.478 e. The number of nitrogens with one attached hydrogen (secondary N) is 2. The van der Waals surface area contributed by atoms with Crippen LogP contribution in [0.15, 0.2) is 36.7 Å². The Bertz CT molecular complexity index is 891. The smallest absolute Gasteiger partial charge is 0.262 e. The van der Waals surface area contributed by atoms with Gasteiger partial charge in [0, 0.05) is 31.9 Å². The average Bonchev–Trinajstić information content (AvgIpc) is 2.84. The third kappa shape index (κ3) is 8.56. The summed E-state index contributed by atoms with van der Waals surface area (Å²) in [5, 5.41) is 5.77. The van der Waals surface area contributed by atoms with Crippen LogP contribution in [0.2, 0.25) is 0 Å². The molecule has 1 saturated heterocycles. The van der Waals surface area contributed by atoms with Crippen LogP contribution in [0.3, 0.4) is 0 Å². The van der Waals surface area contributed by atoms with E-state index in [0.717, 1.165) is 52.1 Å². The lowest BCUT2D eigenvalue weighted by atomic mass is 10.2. The molecule has 1 aliphatic heterocycles. The van der Waals surface area contributed by atoms with Gasteiger partial charge in [0.1, 0.15) is 12.2 Å². The highest BCUT2D eigenvalue weighted by Gasteiger charge is 2.16. The Kier molecular flexibility index (Phi) is 10.3. The summed E-state index contributed by atoms with van der Waals surface area (Å²) in [7, 11) is 0. The quantitative estimate of drug-likeness (QED) is 0.377. The van der Waals surface area contributed by atoms with E-state index < -0.39 is 5.91 Å². The lowest BCUT2D eigenvalue weighted by Crippen LogP contribution is -2.39. The molecule has 2 aromatic heterocycles. The van der Waals surface area contributed by atoms with E-state index in [1.54, 1.807) is 36.7 Å². The summed E-state index contributed by atoms with van der Waals surface area (Å²) in [4.78, 5) is 23.4. The van der Waals surface area contributed by atoms with Crippen LogP contribution in [0.1, 0.15) is 36.5 Å². The van der Waals surface area contributed by atoms with Crippen LogP contribution in [0.5, 0.6) is 11.8 Å². The Balaban J connectivity index is 1.46. The Morgan fingerprint density at radius 1 is 1.15 bits per heavy atom. The number of hydrogen-bond acceptors (Lipinski definition) is 8. The number of morpholine rings is 1. The predicted molar refractivity (Wildman–Crippen MR) is 130 cm³/mol. The van der Waals surface area contributed by atoms with Crippen molar-refractivity contribution in [3.8, 4) is 11.8 Å². The molecule has 0 saturated carbocycles. The van der Waals surface area contributed by atoms with Crippen LogP contribution in [0, 0.1) is 0 Å². The molecule has 0 radical (unpaired) electrons. The zero-order chi connectivity index (χ0) is 23.3. The summed E-state index contributed by atoms with van der Waals surface area (Å²) in [5.74, 6) is 0.434. The second kappa shape index (κ2) is 13.7. The third-order valence-electron chi connectivity index (χ3n) is 4.98. The number of aromatic nitrogens is 2. The Morgan fingerprint density at radius 3 is 2.76 bits per heavy atom. The van der Waals surface area contributed by atoms with Crippen molar-refractivity contribution in [1.82, 2.24) is 20.2 Å². The molecule has 0 atom stereocenters. The first-order valence-corrected chi connectivity index (χ1v) is 11.7. The number of unbranched alkanes of at least 4 members (excludes halogenated alkanes) is 2. The number of rotatable bonds is 11. The van der Waals surface area contributed by atoms with Crippen molar-refractivity contribution in [2.24, 2.45) is 0 Å². The molecule has 1 amide bonds. The van der Waals surface area contributed by atoms with E-state index in [9.17, 15) is 4.79 Å². The highest BCUT2D eigenvalue weighted by Crippen LogP contribution is 2.15. The maximum Gasteiger partial charge on any atom is 0.262 e. The van der Waals surface area contributed by atoms with Gasteiger partial charge in [-0.15, -0.1) is 0 Å². The largest absolute Gasteiger partial charge is 0.478 e. The van der Waals surface area contributed by atoms with Gasteiger partial charge in [0.05, 0.1) is 31.7 Å². The van der Waals surface area contributed by atoms with Crippen LogP contribution in [-0.4, -0.2) is 71.9 Å². The maximum atomic E-state index is 12.7. The second-order valence-corrected chi connectivity index (χ2v) is 7.92. The van der Waals surface area contributed by atoms with Crippen molar-refractivity contribution < 1.29 is 19.0 Å². The molecule has 0 bridgehead atoms. The Morgan fingerprint density at radius 2 is 2.00 bits per heavy atom. The molecule has 0 aromatic carbocycles. The molecule has 178 valence electrons. The van der Waals surface area contributed by atoms with E-state index in [-0.39, 0.29) is 11.0 Å². The number of nitrogens with zero attached hydrogens (tertiary/aromatic N) is 3. The topological polar surface area (TPSA) is 97.8 Å². The Hall–Kier alpha value is -2.82. The predicted octanol–water partition coefficient (Wildman–Crippen LogP) is 2.88. The molecule has 0 spiro atoms. The molecule has 1 aliphatic rings. The zero-order valence-corrected chi connectivity index (χ0v) is 19.7. The second-order valence-electron chi connectivity index (χ2n) is 7.51. The summed E-state index contributed by atoms with van der Waals surface area (Å²) in [5.41, 5.74) is 0.965. The van der Waals surface area contributed by atoms with Gasteiger partial charge in [0.15, 0.2) is 5.11 Å². The van der Waals surface area contributed by atoms with E-state index in [1.165, 1.54) is 0 Å². The summed E-state index contributed by atoms with van der Waals surface area (Å²) < 4.78 is 16.7. The van der Waals surface area contributed by atoms with Crippen LogP contribution >= 0.6 is 12.2 Å². The minimum atomic E-state index is -0.397. The Labute approximate surface area is 199 Å². The van der Waals surface area contributed by atoms with E-state index in [4.69, 9.17) is 26.4 Å². The van der Waals surface area contributed by atoms with Gasteiger partial charge in [-0.3, -0.25) is 15.0 Å². The van der Waals surface area contributed by atoms with Crippen LogP contribution < -0.4 is 20.1 Å². The molecular formula is C23H31N5O4S. The number of pyridine rings is 2. The van der Waals surface area contributed by atoms with Gasteiger partial charge in [0.2, 0.25) is 11.8 Å². The summed E-state index contributed by atoms with van der Waals surface area (Å²) >= 11 is 5.28. The lowest BCUT2D eigenvalue weighted by molar-refractivity contribution is 0.0319. The van der Waals surface area contributed by atoms with E-state index >= 15 is 0 Å². The summed E-state index contributed by atoms with van der Waals surface area (Å²) in [6.45, 7) is 7.17.